The third-order valence-electron chi connectivity index (χ3n) is 2.11. The van der Waals surface area contributed by atoms with Gasteiger partial charge in [0.2, 0.25) is 10.0 Å². The highest BCUT2D eigenvalue weighted by molar-refractivity contribution is 9.10. The Morgan fingerprint density at radius 1 is 1.31 bits per heavy atom. The summed E-state index contributed by atoms with van der Waals surface area (Å²) in [6, 6.07) is 5.17. The van der Waals surface area contributed by atoms with Crippen LogP contribution in [0.25, 0.3) is 0 Å². The second kappa shape index (κ2) is 5.77. The predicted molar refractivity (Wildman–Crippen MR) is 68.0 cm³/mol. The van der Waals surface area contributed by atoms with Gasteiger partial charge in [0, 0.05) is 17.6 Å². The van der Waals surface area contributed by atoms with Gasteiger partial charge in [-0.25, -0.2) is 13.1 Å². The summed E-state index contributed by atoms with van der Waals surface area (Å²) < 4.78 is 27.0. The van der Waals surface area contributed by atoms with Crippen LogP contribution in [0.3, 0.4) is 0 Å². The number of hydrogen-bond donors (Lipinski definition) is 2. The second-order valence-corrected chi connectivity index (χ2v) is 5.92. The van der Waals surface area contributed by atoms with Crippen molar-refractivity contribution in [3.63, 3.8) is 0 Å². The van der Waals surface area contributed by atoms with Gasteiger partial charge < -0.3 is 5.32 Å². The molecule has 0 heterocycles. The monoisotopic (exact) mass is 306 g/mol. The molecule has 0 amide bonds. The average Bonchev–Trinajstić information content (AvgIpc) is 2.22. The Balaban J connectivity index is 2.94. The van der Waals surface area contributed by atoms with E-state index < -0.39 is 10.0 Å². The van der Waals surface area contributed by atoms with Gasteiger partial charge in [0.1, 0.15) is 0 Å². The van der Waals surface area contributed by atoms with Gasteiger partial charge in [-0.1, -0.05) is 12.1 Å². The van der Waals surface area contributed by atoms with Crippen molar-refractivity contribution in [1.29, 1.82) is 0 Å². The molecule has 4 nitrogen and oxygen atoms in total. The van der Waals surface area contributed by atoms with E-state index in [9.17, 15) is 8.42 Å². The van der Waals surface area contributed by atoms with Crippen LogP contribution in [0, 0.1) is 6.92 Å². The molecule has 0 unspecified atom stereocenters. The summed E-state index contributed by atoms with van der Waals surface area (Å²) in [5.41, 5.74) is 0.900. The van der Waals surface area contributed by atoms with Crippen LogP contribution in [0.15, 0.2) is 27.6 Å². The molecule has 0 saturated carbocycles. The number of benzene rings is 1. The largest absolute Gasteiger partial charge is 0.318 e. The van der Waals surface area contributed by atoms with E-state index in [2.05, 4.69) is 26.0 Å². The Morgan fingerprint density at radius 3 is 2.62 bits per heavy atom. The van der Waals surface area contributed by atoms with E-state index in [0.717, 1.165) is 5.56 Å². The standard InChI is InChI=1S/C10H15BrN2O2S/c1-8-4-3-5-9(10(8)11)16(14,15)13-7-6-12-2/h3-5,12-13H,6-7H2,1-2H3. The predicted octanol–water partition coefficient (Wildman–Crippen LogP) is 1.26. The van der Waals surface area contributed by atoms with Crippen molar-refractivity contribution < 1.29 is 8.42 Å². The summed E-state index contributed by atoms with van der Waals surface area (Å²) >= 11 is 3.29. The third-order valence-corrected chi connectivity index (χ3v) is 4.93. The summed E-state index contributed by atoms with van der Waals surface area (Å²) in [5.74, 6) is 0. The second-order valence-electron chi connectivity index (χ2n) is 3.39. The van der Waals surface area contributed by atoms with Gasteiger partial charge in [-0.05, 0) is 41.5 Å². The van der Waals surface area contributed by atoms with E-state index in [1.54, 1.807) is 19.2 Å². The number of likely N-dealkylation sites (N-methyl/N-ethyl adjacent to an activating group) is 1. The lowest BCUT2D eigenvalue weighted by molar-refractivity contribution is 0.579. The Labute approximate surface area is 105 Å². The van der Waals surface area contributed by atoms with E-state index in [4.69, 9.17) is 0 Å². The lowest BCUT2D eigenvalue weighted by Gasteiger charge is -2.09. The Hall–Kier alpha value is -0.430. The molecule has 16 heavy (non-hydrogen) atoms. The van der Waals surface area contributed by atoms with Crippen molar-refractivity contribution in [3.8, 4) is 0 Å². The zero-order chi connectivity index (χ0) is 12.2. The summed E-state index contributed by atoms with van der Waals surface area (Å²) in [6.07, 6.45) is 0. The van der Waals surface area contributed by atoms with Gasteiger partial charge in [0.15, 0.2) is 0 Å². The van der Waals surface area contributed by atoms with Gasteiger partial charge >= 0.3 is 0 Å². The van der Waals surface area contributed by atoms with Gasteiger partial charge in [0.25, 0.3) is 0 Å². The fraction of sp³-hybridized carbons (Fsp3) is 0.400. The summed E-state index contributed by atoms with van der Waals surface area (Å²) in [6.45, 7) is 2.83. The number of hydrogen-bond acceptors (Lipinski definition) is 3. The van der Waals surface area contributed by atoms with Crippen LogP contribution < -0.4 is 10.0 Å². The molecule has 6 heteroatoms. The highest BCUT2D eigenvalue weighted by Gasteiger charge is 2.17. The minimum absolute atomic E-state index is 0.281. The molecule has 0 spiro atoms. The third kappa shape index (κ3) is 3.28. The normalized spacial score (nSPS) is 11.7. The van der Waals surface area contributed by atoms with E-state index in [1.807, 2.05) is 13.0 Å². The molecule has 0 aliphatic rings. The molecule has 90 valence electrons. The molecule has 0 aliphatic carbocycles. The van der Waals surface area contributed by atoms with Gasteiger partial charge in [-0.2, -0.15) is 0 Å². The fourth-order valence-corrected chi connectivity index (χ4v) is 3.30. The molecular weight excluding hydrogens is 292 g/mol. The topological polar surface area (TPSA) is 58.2 Å². The molecule has 1 aromatic rings. The van der Waals surface area contributed by atoms with Crippen LogP contribution in [0.5, 0.6) is 0 Å². The smallest absolute Gasteiger partial charge is 0.241 e. The lowest BCUT2D eigenvalue weighted by Crippen LogP contribution is -2.30. The molecular formula is C10H15BrN2O2S. The van der Waals surface area contributed by atoms with Crippen molar-refractivity contribution >= 4 is 26.0 Å². The zero-order valence-electron chi connectivity index (χ0n) is 9.25. The summed E-state index contributed by atoms with van der Waals surface area (Å²) in [4.78, 5) is 0.281. The molecule has 0 bridgehead atoms. The first-order valence-electron chi connectivity index (χ1n) is 4.88. The van der Waals surface area contributed by atoms with Crippen molar-refractivity contribution in [1.82, 2.24) is 10.0 Å². The molecule has 0 atom stereocenters. The highest BCUT2D eigenvalue weighted by Crippen LogP contribution is 2.24. The zero-order valence-corrected chi connectivity index (χ0v) is 11.7. The van der Waals surface area contributed by atoms with E-state index >= 15 is 0 Å². The highest BCUT2D eigenvalue weighted by atomic mass is 79.9. The van der Waals surface area contributed by atoms with E-state index in [1.165, 1.54) is 0 Å². The Kier molecular flexibility index (Phi) is 4.91. The number of sulfonamides is 1. The number of rotatable bonds is 5. The molecule has 2 N–H and O–H groups in total. The van der Waals surface area contributed by atoms with E-state index in [0.29, 0.717) is 17.6 Å². The minimum Gasteiger partial charge on any atom is -0.318 e. The molecule has 1 aromatic carbocycles. The minimum atomic E-state index is -3.42. The van der Waals surface area contributed by atoms with Crippen LogP contribution in [0.1, 0.15) is 5.56 Å². The van der Waals surface area contributed by atoms with Gasteiger partial charge in [-0.15, -0.1) is 0 Å². The Bertz CT molecular complexity index is 460. The first-order chi connectivity index (χ1) is 7.49. The first-order valence-corrected chi connectivity index (χ1v) is 7.16. The van der Waals surface area contributed by atoms with Crippen LogP contribution >= 0.6 is 15.9 Å². The summed E-state index contributed by atoms with van der Waals surface area (Å²) in [5, 5.41) is 2.88. The van der Waals surface area contributed by atoms with Crippen LogP contribution in [-0.4, -0.2) is 28.6 Å². The molecule has 0 aromatic heterocycles. The maximum absolute atomic E-state index is 11.9. The fourth-order valence-electron chi connectivity index (χ4n) is 1.22. The quantitative estimate of drug-likeness (QED) is 0.805. The molecule has 0 radical (unpaired) electrons. The molecule has 1 rings (SSSR count). The van der Waals surface area contributed by atoms with E-state index in [-0.39, 0.29) is 4.90 Å². The SMILES string of the molecule is CNCCNS(=O)(=O)c1cccc(C)c1Br. The van der Waals surface area contributed by atoms with Crippen molar-refractivity contribution in [3.05, 3.63) is 28.2 Å². The molecule has 0 saturated heterocycles. The maximum atomic E-state index is 11.9. The summed E-state index contributed by atoms with van der Waals surface area (Å²) in [7, 11) is -1.65. The first kappa shape index (κ1) is 13.6. The van der Waals surface area contributed by atoms with Crippen molar-refractivity contribution in [2.45, 2.75) is 11.8 Å². The van der Waals surface area contributed by atoms with Crippen LogP contribution in [0.4, 0.5) is 0 Å². The van der Waals surface area contributed by atoms with Crippen LogP contribution in [0.2, 0.25) is 0 Å². The van der Waals surface area contributed by atoms with Gasteiger partial charge in [0.05, 0.1) is 4.90 Å². The van der Waals surface area contributed by atoms with Crippen molar-refractivity contribution in [2.24, 2.45) is 0 Å². The molecule has 0 aliphatic heterocycles. The van der Waals surface area contributed by atoms with Gasteiger partial charge in [-0.3, -0.25) is 0 Å². The average molecular weight is 307 g/mol. The number of nitrogens with one attached hydrogen (secondary N) is 2. The lowest BCUT2D eigenvalue weighted by atomic mass is 10.2. The Morgan fingerprint density at radius 2 is 2.00 bits per heavy atom. The van der Waals surface area contributed by atoms with Crippen molar-refractivity contribution in [2.75, 3.05) is 20.1 Å². The number of halogens is 1. The van der Waals surface area contributed by atoms with Crippen LogP contribution in [-0.2, 0) is 10.0 Å². The maximum Gasteiger partial charge on any atom is 0.241 e. The number of aryl methyl sites for hydroxylation is 1. The molecule has 0 fully saturated rings.